The molecule has 1 amide bonds. The molecule has 3 heteroatoms. The minimum atomic E-state index is -0.0400. The molecule has 130 valence electrons. The first kappa shape index (κ1) is 17.2. The van der Waals surface area contributed by atoms with E-state index in [9.17, 15) is 4.79 Å². The zero-order valence-electron chi connectivity index (χ0n) is 14.8. The lowest BCUT2D eigenvalue weighted by Gasteiger charge is -2.32. The molecule has 1 saturated carbocycles. The predicted molar refractivity (Wildman–Crippen MR) is 99.7 cm³/mol. The Hall–Kier alpha value is -1.61. The molecule has 1 fully saturated rings. The fourth-order valence-corrected chi connectivity index (χ4v) is 3.86. The number of carbonyl (C=O) groups excluding carboxylic acids is 1. The van der Waals surface area contributed by atoms with Gasteiger partial charge in [-0.2, -0.15) is 0 Å². The van der Waals surface area contributed by atoms with Crippen LogP contribution in [-0.4, -0.2) is 36.0 Å². The van der Waals surface area contributed by atoms with Crippen LogP contribution in [0.5, 0.6) is 0 Å². The van der Waals surface area contributed by atoms with Gasteiger partial charge in [0.25, 0.3) is 0 Å². The van der Waals surface area contributed by atoms with Crippen LogP contribution in [0.25, 0.3) is 5.57 Å². The second-order valence-electron chi connectivity index (χ2n) is 7.21. The molecule has 0 bridgehead atoms. The maximum Gasteiger partial charge on any atom is 0.237 e. The van der Waals surface area contributed by atoms with Gasteiger partial charge in [0, 0.05) is 19.1 Å². The van der Waals surface area contributed by atoms with Gasteiger partial charge in [-0.3, -0.25) is 9.69 Å². The second kappa shape index (κ2) is 8.48. The molecule has 1 aromatic carbocycles. The maximum atomic E-state index is 12.6. The zero-order valence-corrected chi connectivity index (χ0v) is 14.8. The van der Waals surface area contributed by atoms with Crippen LogP contribution < -0.4 is 5.32 Å². The molecule has 1 atom stereocenters. The van der Waals surface area contributed by atoms with E-state index >= 15 is 0 Å². The monoisotopic (exact) mass is 326 g/mol. The first-order valence-corrected chi connectivity index (χ1v) is 9.53. The van der Waals surface area contributed by atoms with Gasteiger partial charge in [0.1, 0.15) is 0 Å². The summed E-state index contributed by atoms with van der Waals surface area (Å²) in [7, 11) is 0. The van der Waals surface area contributed by atoms with Crippen LogP contribution >= 0.6 is 0 Å². The average Bonchev–Trinajstić information content (AvgIpc) is 2.90. The minimum Gasteiger partial charge on any atom is -0.352 e. The third-order valence-corrected chi connectivity index (χ3v) is 5.51. The van der Waals surface area contributed by atoms with Gasteiger partial charge in [-0.1, -0.05) is 62.1 Å². The first-order valence-electron chi connectivity index (χ1n) is 9.53. The van der Waals surface area contributed by atoms with Gasteiger partial charge in [-0.25, -0.2) is 0 Å². The fourth-order valence-electron chi connectivity index (χ4n) is 3.86. The predicted octanol–water partition coefficient (Wildman–Crippen LogP) is 4.00. The lowest BCUT2D eigenvalue weighted by molar-refractivity contribution is -0.126. The Kier molecular flexibility index (Phi) is 6.08. The van der Waals surface area contributed by atoms with E-state index in [-0.39, 0.29) is 11.9 Å². The molecular formula is C21H30N2O. The molecule has 1 aromatic rings. The highest BCUT2D eigenvalue weighted by Gasteiger charge is 2.25. The third kappa shape index (κ3) is 4.47. The van der Waals surface area contributed by atoms with E-state index < -0.39 is 0 Å². The molecule has 2 aliphatic rings. The summed E-state index contributed by atoms with van der Waals surface area (Å²) >= 11 is 0. The largest absolute Gasteiger partial charge is 0.352 e. The number of rotatable bonds is 4. The van der Waals surface area contributed by atoms with E-state index in [0.717, 1.165) is 32.4 Å². The van der Waals surface area contributed by atoms with Crippen molar-refractivity contribution in [2.45, 2.75) is 64.0 Å². The topological polar surface area (TPSA) is 32.3 Å². The lowest BCUT2D eigenvalue weighted by Crippen LogP contribution is -2.49. The fraction of sp³-hybridized carbons (Fsp3) is 0.571. The Balaban J connectivity index is 1.53. The molecule has 0 radical (unpaired) electrons. The van der Waals surface area contributed by atoms with E-state index in [0.29, 0.717) is 6.04 Å². The summed E-state index contributed by atoms with van der Waals surface area (Å²) in [6, 6.07) is 10.9. The van der Waals surface area contributed by atoms with Crippen LogP contribution in [-0.2, 0) is 4.79 Å². The van der Waals surface area contributed by atoms with Crippen LogP contribution in [0.3, 0.4) is 0 Å². The molecule has 1 N–H and O–H groups in total. The lowest BCUT2D eigenvalue weighted by atomic mass is 9.98. The molecule has 1 heterocycles. The Morgan fingerprint density at radius 1 is 1.12 bits per heavy atom. The van der Waals surface area contributed by atoms with E-state index in [2.05, 4.69) is 46.6 Å². The quantitative estimate of drug-likeness (QED) is 0.848. The number of nitrogens with one attached hydrogen (secondary N) is 1. The molecule has 0 spiro atoms. The van der Waals surface area contributed by atoms with Gasteiger partial charge in [0.15, 0.2) is 0 Å². The van der Waals surface area contributed by atoms with Crippen molar-refractivity contribution >= 4 is 11.5 Å². The van der Waals surface area contributed by atoms with Crippen molar-refractivity contribution in [2.24, 2.45) is 0 Å². The Bertz CT molecular complexity index is 558. The van der Waals surface area contributed by atoms with Crippen molar-refractivity contribution in [3.05, 3.63) is 42.0 Å². The average molecular weight is 326 g/mol. The number of hydrogen-bond acceptors (Lipinski definition) is 2. The van der Waals surface area contributed by atoms with Crippen molar-refractivity contribution in [1.29, 1.82) is 0 Å². The van der Waals surface area contributed by atoms with Gasteiger partial charge in [-0.15, -0.1) is 0 Å². The molecule has 0 aromatic heterocycles. The normalized spacial score (nSPS) is 21.6. The van der Waals surface area contributed by atoms with Crippen LogP contribution in [0.4, 0.5) is 0 Å². The number of benzene rings is 1. The van der Waals surface area contributed by atoms with Gasteiger partial charge >= 0.3 is 0 Å². The van der Waals surface area contributed by atoms with E-state index in [1.54, 1.807) is 0 Å². The summed E-state index contributed by atoms with van der Waals surface area (Å²) in [5, 5.41) is 3.30. The molecule has 3 nitrogen and oxygen atoms in total. The van der Waals surface area contributed by atoms with Crippen LogP contribution in [0.1, 0.15) is 57.4 Å². The summed E-state index contributed by atoms with van der Waals surface area (Å²) < 4.78 is 0. The highest BCUT2D eigenvalue weighted by atomic mass is 16.2. The molecule has 1 aliphatic carbocycles. The van der Waals surface area contributed by atoms with Crippen molar-refractivity contribution < 1.29 is 4.79 Å². The van der Waals surface area contributed by atoms with Gasteiger partial charge in [-0.05, 0) is 37.3 Å². The standard InChI is InChI=1S/C21H30N2O/c1-17(21(24)22-20-11-7-2-3-8-12-20)23-15-13-19(14-16-23)18-9-5-4-6-10-18/h4-6,9-10,13,17,20H,2-3,7-8,11-12,14-16H2,1H3,(H,22,24)/t17-/m1/s1. The summed E-state index contributed by atoms with van der Waals surface area (Å²) in [4.78, 5) is 14.9. The molecule has 0 saturated heterocycles. The summed E-state index contributed by atoms with van der Waals surface area (Å²) in [6.45, 7) is 3.87. The highest BCUT2D eigenvalue weighted by molar-refractivity contribution is 5.81. The number of carbonyl (C=O) groups is 1. The van der Waals surface area contributed by atoms with Gasteiger partial charge in [0.2, 0.25) is 5.91 Å². The Labute approximate surface area is 146 Å². The number of nitrogens with zero attached hydrogens (tertiary/aromatic N) is 1. The number of amides is 1. The van der Waals surface area contributed by atoms with Crippen LogP contribution in [0, 0.1) is 0 Å². The smallest absolute Gasteiger partial charge is 0.237 e. The molecule has 24 heavy (non-hydrogen) atoms. The first-order chi connectivity index (χ1) is 11.7. The summed E-state index contributed by atoms with van der Waals surface area (Å²) in [5.74, 6) is 0.207. The minimum absolute atomic E-state index is 0.0400. The van der Waals surface area contributed by atoms with E-state index in [1.165, 1.54) is 36.8 Å². The van der Waals surface area contributed by atoms with Crippen molar-refractivity contribution in [3.8, 4) is 0 Å². The van der Waals surface area contributed by atoms with E-state index in [4.69, 9.17) is 0 Å². The second-order valence-corrected chi connectivity index (χ2v) is 7.21. The van der Waals surface area contributed by atoms with Crippen molar-refractivity contribution in [2.75, 3.05) is 13.1 Å². The zero-order chi connectivity index (χ0) is 16.8. The van der Waals surface area contributed by atoms with Crippen molar-refractivity contribution in [3.63, 3.8) is 0 Å². The summed E-state index contributed by atoms with van der Waals surface area (Å²) in [6.07, 6.45) is 10.8. The van der Waals surface area contributed by atoms with Gasteiger partial charge in [0.05, 0.1) is 6.04 Å². The van der Waals surface area contributed by atoms with Crippen molar-refractivity contribution in [1.82, 2.24) is 10.2 Å². The Morgan fingerprint density at radius 3 is 2.46 bits per heavy atom. The molecule has 3 rings (SSSR count). The maximum absolute atomic E-state index is 12.6. The molecule has 1 aliphatic heterocycles. The Morgan fingerprint density at radius 2 is 1.83 bits per heavy atom. The third-order valence-electron chi connectivity index (χ3n) is 5.51. The molecular weight excluding hydrogens is 296 g/mol. The number of hydrogen-bond donors (Lipinski definition) is 1. The summed E-state index contributed by atoms with van der Waals surface area (Å²) in [5.41, 5.74) is 2.72. The van der Waals surface area contributed by atoms with Crippen LogP contribution in [0.2, 0.25) is 0 Å². The SMILES string of the molecule is C[C@H](C(=O)NC1CCCCCC1)N1CC=C(c2ccccc2)CC1. The van der Waals surface area contributed by atoms with Crippen LogP contribution in [0.15, 0.2) is 36.4 Å². The molecule has 0 unspecified atom stereocenters. The van der Waals surface area contributed by atoms with E-state index in [1.807, 2.05) is 6.92 Å². The van der Waals surface area contributed by atoms with Gasteiger partial charge < -0.3 is 5.32 Å². The highest BCUT2D eigenvalue weighted by Crippen LogP contribution is 2.23.